The second kappa shape index (κ2) is 7.97. The van der Waals surface area contributed by atoms with E-state index >= 15 is 0 Å². The summed E-state index contributed by atoms with van der Waals surface area (Å²) in [5, 5.41) is 3.66. The molecular formula is C17H22BrNOS. The molecule has 0 spiro atoms. The molecular weight excluding hydrogens is 346 g/mol. The third kappa shape index (κ3) is 4.56. The van der Waals surface area contributed by atoms with Crippen molar-refractivity contribution in [1.82, 2.24) is 5.32 Å². The van der Waals surface area contributed by atoms with Crippen molar-refractivity contribution in [2.24, 2.45) is 0 Å². The van der Waals surface area contributed by atoms with Gasteiger partial charge in [0.2, 0.25) is 0 Å². The molecule has 0 aliphatic carbocycles. The number of halogens is 1. The maximum Gasteiger partial charge on any atom is 0.122 e. The van der Waals surface area contributed by atoms with Crippen LogP contribution < -0.4 is 10.1 Å². The highest BCUT2D eigenvalue weighted by Crippen LogP contribution is 2.30. The predicted octanol–water partition coefficient (Wildman–Crippen LogP) is 5.11. The number of aryl methyl sites for hydroxylation is 1. The lowest BCUT2D eigenvalue weighted by atomic mass is 10.0. The molecule has 2 rings (SSSR count). The lowest BCUT2D eigenvalue weighted by Crippen LogP contribution is -2.23. The van der Waals surface area contributed by atoms with Crippen molar-refractivity contribution in [1.29, 1.82) is 0 Å². The van der Waals surface area contributed by atoms with Crippen molar-refractivity contribution in [3.05, 3.63) is 50.1 Å². The van der Waals surface area contributed by atoms with E-state index in [4.69, 9.17) is 4.74 Å². The summed E-state index contributed by atoms with van der Waals surface area (Å²) >= 11 is 5.42. The normalized spacial score (nSPS) is 12.4. The number of rotatable bonds is 7. The van der Waals surface area contributed by atoms with Gasteiger partial charge in [0.15, 0.2) is 0 Å². The zero-order valence-corrected chi connectivity index (χ0v) is 15.2. The molecule has 1 unspecified atom stereocenters. The Balaban J connectivity index is 2.24. The molecule has 1 heterocycles. The van der Waals surface area contributed by atoms with Crippen LogP contribution in [0.2, 0.25) is 0 Å². The zero-order chi connectivity index (χ0) is 15.2. The number of methoxy groups -OCH3 is 1. The minimum absolute atomic E-state index is 0.340. The molecule has 2 nitrogen and oxygen atoms in total. The fourth-order valence-corrected chi connectivity index (χ4v) is 3.72. The number of ether oxygens (including phenoxy) is 1. The molecule has 0 fully saturated rings. The van der Waals surface area contributed by atoms with Crippen LogP contribution in [0.3, 0.4) is 0 Å². The molecule has 1 N–H and O–H groups in total. The highest BCUT2D eigenvalue weighted by atomic mass is 79.9. The van der Waals surface area contributed by atoms with E-state index in [0.717, 1.165) is 29.6 Å². The fourth-order valence-electron chi connectivity index (χ4n) is 2.36. The maximum absolute atomic E-state index is 5.50. The Bertz CT molecular complexity index is 582. The Morgan fingerprint density at radius 2 is 2.10 bits per heavy atom. The first-order valence-electron chi connectivity index (χ1n) is 7.26. The van der Waals surface area contributed by atoms with Gasteiger partial charge in [-0.25, -0.2) is 0 Å². The first-order valence-corrected chi connectivity index (χ1v) is 8.87. The SMILES string of the molecule is CCCNC(Cc1cc(Br)ccc1OC)c1ccc(C)s1. The van der Waals surface area contributed by atoms with Crippen LogP contribution in [0.15, 0.2) is 34.8 Å². The first kappa shape index (κ1) is 16.5. The van der Waals surface area contributed by atoms with E-state index in [-0.39, 0.29) is 0 Å². The molecule has 21 heavy (non-hydrogen) atoms. The number of thiophene rings is 1. The second-order valence-corrected chi connectivity index (χ2v) is 7.35. The summed E-state index contributed by atoms with van der Waals surface area (Å²) in [4.78, 5) is 2.75. The summed E-state index contributed by atoms with van der Waals surface area (Å²) in [7, 11) is 1.73. The summed E-state index contributed by atoms with van der Waals surface area (Å²) < 4.78 is 6.59. The summed E-state index contributed by atoms with van der Waals surface area (Å²) in [6, 6.07) is 11.0. The zero-order valence-electron chi connectivity index (χ0n) is 12.8. The van der Waals surface area contributed by atoms with Gasteiger partial charge in [-0.3, -0.25) is 0 Å². The molecule has 0 aliphatic heterocycles. The van der Waals surface area contributed by atoms with Crippen LogP contribution in [0.4, 0.5) is 0 Å². The van der Waals surface area contributed by atoms with Gasteiger partial charge >= 0.3 is 0 Å². The smallest absolute Gasteiger partial charge is 0.122 e. The van der Waals surface area contributed by atoms with Crippen LogP contribution in [0.1, 0.15) is 34.7 Å². The summed E-state index contributed by atoms with van der Waals surface area (Å²) in [6.45, 7) is 5.38. The highest BCUT2D eigenvalue weighted by Gasteiger charge is 2.16. The number of nitrogens with one attached hydrogen (secondary N) is 1. The molecule has 2 aromatic rings. The van der Waals surface area contributed by atoms with Gasteiger partial charge in [-0.05, 0) is 62.2 Å². The molecule has 0 saturated carbocycles. The van der Waals surface area contributed by atoms with E-state index in [1.165, 1.54) is 15.3 Å². The predicted molar refractivity (Wildman–Crippen MR) is 94.5 cm³/mol. The average molecular weight is 368 g/mol. The monoisotopic (exact) mass is 367 g/mol. The molecule has 0 radical (unpaired) electrons. The summed E-state index contributed by atoms with van der Waals surface area (Å²) in [5.41, 5.74) is 1.23. The number of benzene rings is 1. The van der Waals surface area contributed by atoms with Crippen molar-refractivity contribution in [3.8, 4) is 5.75 Å². The molecule has 1 aromatic heterocycles. The van der Waals surface area contributed by atoms with E-state index < -0.39 is 0 Å². The molecule has 0 amide bonds. The van der Waals surface area contributed by atoms with Crippen LogP contribution in [0.25, 0.3) is 0 Å². The van der Waals surface area contributed by atoms with Crippen molar-refractivity contribution in [2.45, 2.75) is 32.7 Å². The topological polar surface area (TPSA) is 21.3 Å². The van der Waals surface area contributed by atoms with Crippen LogP contribution in [-0.4, -0.2) is 13.7 Å². The van der Waals surface area contributed by atoms with Gasteiger partial charge in [0.05, 0.1) is 7.11 Å². The van der Waals surface area contributed by atoms with Crippen LogP contribution >= 0.6 is 27.3 Å². The van der Waals surface area contributed by atoms with Gasteiger partial charge in [-0.1, -0.05) is 22.9 Å². The fraction of sp³-hybridized carbons (Fsp3) is 0.412. The first-order chi connectivity index (χ1) is 10.1. The van der Waals surface area contributed by atoms with Gasteiger partial charge < -0.3 is 10.1 Å². The maximum atomic E-state index is 5.50. The molecule has 0 aliphatic rings. The molecule has 1 aromatic carbocycles. The Morgan fingerprint density at radius 1 is 1.29 bits per heavy atom. The molecule has 1 atom stereocenters. The van der Waals surface area contributed by atoms with Crippen molar-refractivity contribution in [2.75, 3.05) is 13.7 Å². The standard InChI is InChI=1S/C17H22BrNOS/c1-4-9-19-15(17-8-5-12(2)21-17)11-13-10-14(18)6-7-16(13)20-3/h5-8,10,15,19H,4,9,11H2,1-3H3. The van der Waals surface area contributed by atoms with Gasteiger partial charge in [0, 0.05) is 20.3 Å². The van der Waals surface area contributed by atoms with E-state index in [1.807, 2.05) is 23.5 Å². The average Bonchev–Trinajstić information content (AvgIpc) is 2.90. The van der Waals surface area contributed by atoms with Crippen molar-refractivity contribution >= 4 is 27.3 Å². The van der Waals surface area contributed by atoms with E-state index in [2.05, 4.69) is 53.3 Å². The van der Waals surface area contributed by atoms with Crippen LogP contribution in [0, 0.1) is 6.92 Å². The van der Waals surface area contributed by atoms with Crippen molar-refractivity contribution < 1.29 is 4.74 Å². The Kier molecular flexibility index (Phi) is 6.27. The third-order valence-corrected chi connectivity index (χ3v) is 5.02. The Labute approximate surface area is 139 Å². The molecule has 0 bridgehead atoms. The molecule has 4 heteroatoms. The minimum atomic E-state index is 0.340. The van der Waals surface area contributed by atoms with Crippen LogP contribution in [0.5, 0.6) is 5.75 Å². The molecule has 114 valence electrons. The summed E-state index contributed by atoms with van der Waals surface area (Å²) in [5.74, 6) is 0.953. The lowest BCUT2D eigenvalue weighted by Gasteiger charge is -2.19. The second-order valence-electron chi connectivity index (χ2n) is 5.12. The van der Waals surface area contributed by atoms with Gasteiger partial charge in [-0.15, -0.1) is 11.3 Å². The van der Waals surface area contributed by atoms with E-state index in [9.17, 15) is 0 Å². The lowest BCUT2D eigenvalue weighted by molar-refractivity contribution is 0.405. The minimum Gasteiger partial charge on any atom is -0.496 e. The van der Waals surface area contributed by atoms with E-state index in [1.54, 1.807) is 7.11 Å². The van der Waals surface area contributed by atoms with Crippen molar-refractivity contribution in [3.63, 3.8) is 0 Å². The highest BCUT2D eigenvalue weighted by molar-refractivity contribution is 9.10. The van der Waals surface area contributed by atoms with Gasteiger partial charge in [0.1, 0.15) is 5.75 Å². The number of hydrogen-bond donors (Lipinski definition) is 1. The summed E-state index contributed by atoms with van der Waals surface area (Å²) in [6.07, 6.45) is 2.07. The quantitative estimate of drug-likeness (QED) is 0.733. The van der Waals surface area contributed by atoms with Crippen LogP contribution in [-0.2, 0) is 6.42 Å². The van der Waals surface area contributed by atoms with Gasteiger partial charge in [0.25, 0.3) is 0 Å². The number of hydrogen-bond acceptors (Lipinski definition) is 3. The molecule has 0 saturated heterocycles. The third-order valence-electron chi connectivity index (χ3n) is 3.41. The largest absolute Gasteiger partial charge is 0.496 e. The van der Waals surface area contributed by atoms with Gasteiger partial charge in [-0.2, -0.15) is 0 Å². The Morgan fingerprint density at radius 3 is 2.71 bits per heavy atom. The van der Waals surface area contributed by atoms with E-state index in [0.29, 0.717) is 6.04 Å². The Hall–Kier alpha value is -0.840.